The van der Waals surface area contributed by atoms with E-state index in [0.717, 1.165) is 33.9 Å². The summed E-state index contributed by atoms with van der Waals surface area (Å²) < 4.78 is 0. The lowest BCUT2D eigenvalue weighted by Gasteiger charge is -2.34. The quantitative estimate of drug-likeness (QED) is 0.146. The molecule has 0 saturated heterocycles. The number of nitrogens with zero attached hydrogens (tertiary/aromatic N) is 3. The molecule has 1 heterocycles. The lowest BCUT2D eigenvalue weighted by molar-refractivity contribution is 0.768. The van der Waals surface area contributed by atoms with Gasteiger partial charge in [0.05, 0.1) is 16.8 Å². The van der Waals surface area contributed by atoms with E-state index in [1.54, 1.807) is 0 Å². The van der Waals surface area contributed by atoms with Crippen molar-refractivity contribution in [3.05, 3.63) is 271 Å². The highest BCUT2D eigenvalue weighted by Crippen LogP contribution is 2.59. The Morgan fingerprint density at radius 3 is 1.47 bits per heavy atom. The fourth-order valence-corrected chi connectivity index (χ4v) is 9.42. The molecule has 0 bridgehead atoms. The Morgan fingerprint density at radius 2 is 0.839 bits per heavy atom. The lowest BCUT2D eigenvalue weighted by atomic mass is 9.67. The summed E-state index contributed by atoms with van der Waals surface area (Å²) >= 11 is 0. The minimum Gasteiger partial charge on any atom is -0.310 e. The Balaban J connectivity index is 1.13. The molecule has 0 saturated carbocycles. The summed E-state index contributed by atoms with van der Waals surface area (Å²) in [6.45, 7) is 0. The molecular weight excluding hydrogens is 751 g/mol. The van der Waals surface area contributed by atoms with Crippen LogP contribution in [-0.2, 0) is 5.41 Å². The van der Waals surface area contributed by atoms with E-state index in [9.17, 15) is 0 Å². The first kappa shape index (κ1) is 36.9. The topological polar surface area (TPSA) is 29.0 Å². The Morgan fingerprint density at radius 1 is 0.355 bits per heavy atom. The van der Waals surface area contributed by atoms with Gasteiger partial charge in [-0.15, -0.1) is 0 Å². The molecule has 1 aliphatic carbocycles. The molecular formula is C59H41N3. The SMILES string of the molecule is c1ccc(-c2ccc(N(c3ccc(-c4ccccc4)cc3)c3cccc4c3-c3ccccc3C4(c3ccccc3)c3cccc(-c4ccnc(-c5ccccc5)n4)c3)cc2)cc1. The molecule has 11 rings (SSSR count). The van der Waals surface area contributed by atoms with Crippen molar-refractivity contribution in [3.63, 3.8) is 0 Å². The third-order valence-electron chi connectivity index (χ3n) is 12.2. The minimum atomic E-state index is -0.630. The Hall–Kier alpha value is -8.14. The molecule has 10 aromatic rings. The fourth-order valence-electron chi connectivity index (χ4n) is 9.42. The van der Waals surface area contributed by atoms with Crippen molar-refractivity contribution in [2.24, 2.45) is 0 Å². The van der Waals surface area contributed by atoms with E-state index in [4.69, 9.17) is 4.98 Å². The Kier molecular flexibility index (Phi) is 9.40. The van der Waals surface area contributed by atoms with Gasteiger partial charge in [-0.25, -0.2) is 9.97 Å². The van der Waals surface area contributed by atoms with Gasteiger partial charge in [0.1, 0.15) is 0 Å². The maximum atomic E-state index is 5.10. The predicted molar refractivity (Wildman–Crippen MR) is 256 cm³/mol. The monoisotopic (exact) mass is 791 g/mol. The molecule has 1 atom stereocenters. The molecule has 9 aromatic carbocycles. The first-order valence-corrected chi connectivity index (χ1v) is 21.2. The number of rotatable bonds is 9. The van der Waals surface area contributed by atoms with Crippen molar-refractivity contribution < 1.29 is 0 Å². The first-order chi connectivity index (χ1) is 30.8. The van der Waals surface area contributed by atoms with Crippen molar-refractivity contribution in [2.75, 3.05) is 4.90 Å². The predicted octanol–water partition coefficient (Wildman–Crippen LogP) is 15.0. The number of aromatic nitrogens is 2. The van der Waals surface area contributed by atoms with Crippen LogP contribution in [0.3, 0.4) is 0 Å². The molecule has 0 N–H and O–H groups in total. The van der Waals surface area contributed by atoms with Gasteiger partial charge in [-0.1, -0.05) is 200 Å². The smallest absolute Gasteiger partial charge is 0.159 e. The van der Waals surface area contributed by atoms with Crippen molar-refractivity contribution in [1.82, 2.24) is 9.97 Å². The molecule has 3 nitrogen and oxygen atoms in total. The highest BCUT2D eigenvalue weighted by molar-refractivity contribution is 5.97. The average molecular weight is 792 g/mol. The van der Waals surface area contributed by atoms with E-state index in [1.165, 1.54) is 55.6 Å². The molecule has 0 aliphatic heterocycles. The largest absolute Gasteiger partial charge is 0.310 e. The van der Waals surface area contributed by atoms with Crippen LogP contribution in [0.2, 0.25) is 0 Å². The average Bonchev–Trinajstić information content (AvgIpc) is 3.67. The van der Waals surface area contributed by atoms with E-state index in [1.807, 2.05) is 30.5 Å². The van der Waals surface area contributed by atoms with Crippen LogP contribution < -0.4 is 4.90 Å². The van der Waals surface area contributed by atoms with Crippen LogP contribution in [0.5, 0.6) is 0 Å². The highest BCUT2D eigenvalue weighted by Gasteiger charge is 2.47. The summed E-state index contributed by atoms with van der Waals surface area (Å²) in [6, 6.07) is 87.2. The molecule has 1 aromatic heterocycles. The third-order valence-corrected chi connectivity index (χ3v) is 12.2. The zero-order chi connectivity index (χ0) is 41.3. The summed E-state index contributed by atoms with van der Waals surface area (Å²) in [5.74, 6) is 0.709. The minimum absolute atomic E-state index is 0.630. The highest BCUT2D eigenvalue weighted by atomic mass is 15.1. The molecule has 0 spiro atoms. The number of benzene rings is 9. The van der Waals surface area contributed by atoms with Crippen LogP contribution in [0, 0.1) is 0 Å². The van der Waals surface area contributed by atoms with Crippen LogP contribution in [-0.4, -0.2) is 9.97 Å². The van der Waals surface area contributed by atoms with Crippen LogP contribution in [0.4, 0.5) is 17.1 Å². The zero-order valence-electron chi connectivity index (χ0n) is 34.0. The van der Waals surface area contributed by atoms with Crippen LogP contribution in [0.1, 0.15) is 22.3 Å². The maximum absolute atomic E-state index is 5.10. The standard InChI is InChI=1S/C59H41N3/c1-5-17-42(18-6-1)44-31-35-50(36-32-44)62(51-37-33-45(34-38-51)43-19-7-2-8-20-43)56-30-16-29-54-57(56)52-27-13-14-28-53(52)59(54,48-24-11-4-12-25-48)49-26-15-23-47(41-49)55-39-40-60-58(61-55)46-21-9-3-10-22-46/h1-41H. The van der Waals surface area contributed by atoms with Crippen LogP contribution >= 0.6 is 0 Å². The number of hydrogen-bond donors (Lipinski definition) is 0. The zero-order valence-corrected chi connectivity index (χ0v) is 34.0. The van der Waals surface area contributed by atoms with Crippen molar-refractivity contribution in [1.29, 1.82) is 0 Å². The van der Waals surface area contributed by atoms with Gasteiger partial charge in [-0.3, -0.25) is 0 Å². The van der Waals surface area contributed by atoms with Crippen molar-refractivity contribution in [3.8, 4) is 56.0 Å². The van der Waals surface area contributed by atoms with E-state index in [-0.39, 0.29) is 0 Å². The van der Waals surface area contributed by atoms with Gasteiger partial charge >= 0.3 is 0 Å². The lowest BCUT2D eigenvalue weighted by Crippen LogP contribution is -2.28. The fraction of sp³-hybridized carbons (Fsp3) is 0.0169. The van der Waals surface area contributed by atoms with Gasteiger partial charge in [0.25, 0.3) is 0 Å². The van der Waals surface area contributed by atoms with Gasteiger partial charge in [-0.2, -0.15) is 0 Å². The second-order valence-electron chi connectivity index (χ2n) is 15.7. The number of hydrogen-bond acceptors (Lipinski definition) is 3. The van der Waals surface area contributed by atoms with Gasteiger partial charge in [0.2, 0.25) is 0 Å². The molecule has 0 radical (unpaired) electrons. The maximum Gasteiger partial charge on any atom is 0.159 e. The Labute approximate surface area is 363 Å². The molecule has 62 heavy (non-hydrogen) atoms. The Bertz CT molecular complexity index is 3060. The summed E-state index contributed by atoms with van der Waals surface area (Å²) in [7, 11) is 0. The molecule has 1 unspecified atom stereocenters. The number of fused-ring (bicyclic) bond motifs is 3. The van der Waals surface area contributed by atoms with E-state index < -0.39 is 5.41 Å². The molecule has 1 aliphatic rings. The molecule has 0 amide bonds. The van der Waals surface area contributed by atoms with Gasteiger partial charge < -0.3 is 4.90 Å². The van der Waals surface area contributed by atoms with Gasteiger partial charge in [-0.05, 0) is 92.5 Å². The summed E-state index contributed by atoms with van der Waals surface area (Å²) in [5.41, 5.74) is 17.6. The van der Waals surface area contributed by atoms with E-state index in [0.29, 0.717) is 5.82 Å². The van der Waals surface area contributed by atoms with Crippen LogP contribution in [0.15, 0.2) is 249 Å². The van der Waals surface area contributed by atoms with E-state index in [2.05, 4.69) is 228 Å². The van der Waals surface area contributed by atoms with Crippen LogP contribution in [0.25, 0.3) is 56.0 Å². The van der Waals surface area contributed by atoms with Crippen molar-refractivity contribution >= 4 is 17.1 Å². The summed E-state index contributed by atoms with van der Waals surface area (Å²) in [5, 5.41) is 0. The first-order valence-electron chi connectivity index (χ1n) is 21.2. The second-order valence-corrected chi connectivity index (χ2v) is 15.7. The second kappa shape index (κ2) is 15.8. The summed E-state index contributed by atoms with van der Waals surface area (Å²) in [4.78, 5) is 12.2. The summed E-state index contributed by atoms with van der Waals surface area (Å²) in [6.07, 6.45) is 1.87. The van der Waals surface area contributed by atoms with E-state index >= 15 is 0 Å². The normalized spacial score (nSPS) is 13.9. The van der Waals surface area contributed by atoms with Gasteiger partial charge in [0, 0.05) is 34.3 Å². The third kappa shape index (κ3) is 6.39. The molecule has 0 fully saturated rings. The van der Waals surface area contributed by atoms with Gasteiger partial charge in [0.15, 0.2) is 5.82 Å². The molecule has 3 heteroatoms. The number of anilines is 3. The molecule has 292 valence electrons. The van der Waals surface area contributed by atoms with Crippen molar-refractivity contribution in [2.45, 2.75) is 5.41 Å².